The summed E-state index contributed by atoms with van der Waals surface area (Å²) in [6.07, 6.45) is 0. The zero-order valence-corrected chi connectivity index (χ0v) is 12.2. The molecule has 0 atom stereocenters. The van der Waals surface area contributed by atoms with E-state index in [0.717, 1.165) is 31.7 Å². The molecule has 2 nitrogen and oxygen atoms in total. The fourth-order valence-electron chi connectivity index (χ4n) is 1.60. The minimum Gasteiger partial charge on any atom is -0.308 e. The molecule has 0 spiro atoms. The van der Waals surface area contributed by atoms with Crippen LogP contribution >= 0.6 is 23.2 Å². The summed E-state index contributed by atoms with van der Waals surface area (Å²) < 4.78 is 0. The molecule has 0 aromatic heterocycles. The van der Waals surface area contributed by atoms with E-state index in [1.807, 2.05) is 18.2 Å². The first-order chi connectivity index (χ1) is 8.04. The first-order valence-corrected chi connectivity index (χ1v) is 6.60. The lowest BCUT2D eigenvalue weighted by Crippen LogP contribution is -2.31. The Kier molecular flexibility index (Phi) is 6.28. The van der Waals surface area contributed by atoms with Gasteiger partial charge in [-0.1, -0.05) is 42.3 Å². The summed E-state index contributed by atoms with van der Waals surface area (Å²) in [6.45, 7) is 6.10. The summed E-state index contributed by atoms with van der Waals surface area (Å²) in [6, 6.07) is 5.80. The average Bonchev–Trinajstić information content (AvgIpc) is 2.29. The Bertz CT molecular complexity index is 353. The first-order valence-electron chi connectivity index (χ1n) is 5.84. The Hall–Kier alpha value is -0.280. The summed E-state index contributed by atoms with van der Waals surface area (Å²) in [5.41, 5.74) is 1.10. The molecule has 4 heteroatoms. The molecule has 0 aliphatic carbocycles. The molecule has 0 amide bonds. The van der Waals surface area contributed by atoms with E-state index < -0.39 is 0 Å². The second-order valence-electron chi connectivity index (χ2n) is 4.38. The minimum atomic E-state index is 0.632. The van der Waals surface area contributed by atoms with Gasteiger partial charge in [0, 0.05) is 19.6 Å². The highest BCUT2D eigenvalue weighted by atomic mass is 35.5. The predicted octanol–water partition coefficient (Wildman–Crippen LogP) is 3.38. The molecule has 0 unspecified atom stereocenters. The summed E-state index contributed by atoms with van der Waals surface area (Å²) in [5.74, 6) is 0. The Morgan fingerprint density at radius 1 is 1.12 bits per heavy atom. The fraction of sp³-hybridized carbons (Fsp3) is 0.538. The zero-order chi connectivity index (χ0) is 12.8. The molecule has 1 aromatic rings. The van der Waals surface area contributed by atoms with Crippen LogP contribution in [-0.4, -0.2) is 43.5 Å². The van der Waals surface area contributed by atoms with Crippen molar-refractivity contribution in [3.05, 3.63) is 33.8 Å². The Morgan fingerprint density at radius 3 is 2.41 bits per heavy atom. The molecule has 0 fully saturated rings. The third-order valence-corrected chi connectivity index (χ3v) is 3.59. The van der Waals surface area contributed by atoms with Crippen LogP contribution < -0.4 is 0 Å². The van der Waals surface area contributed by atoms with E-state index in [4.69, 9.17) is 23.2 Å². The summed E-state index contributed by atoms with van der Waals surface area (Å²) in [5, 5.41) is 1.31. The lowest BCUT2D eigenvalue weighted by atomic mass is 10.2. The van der Waals surface area contributed by atoms with Crippen molar-refractivity contribution in [3.63, 3.8) is 0 Å². The van der Waals surface area contributed by atoms with E-state index in [-0.39, 0.29) is 0 Å². The largest absolute Gasteiger partial charge is 0.308 e. The fourth-order valence-corrected chi connectivity index (χ4v) is 1.98. The van der Waals surface area contributed by atoms with Crippen LogP contribution in [0.5, 0.6) is 0 Å². The number of likely N-dealkylation sites (N-methyl/N-ethyl adjacent to an activating group) is 2. The van der Waals surface area contributed by atoms with E-state index in [9.17, 15) is 0 Å². The van der Waals surface area contributed by atoms with Crippen molar-refractivity contribution in [2.45, 2.75) is 13.5 Å². The maximum Gasteiger partial charge on any atom is 0.0637 e. The van der Waals surface area contributed by atoms with Crippen molar-refractivity contribution >= 4 is 23.2 Å². The molecule has 96 valence electrons. The van der Waals surface area contributed by atoms with Gasteiger partial charge in [0.2, 0.25) is 0 Å². The van der Waals surface area contributed by atoms with Gasteiger partial charge in [-0.2, -0.15) is 0 Å². The highest BCUT2D eigenvalue weighted by Crippen LogP contribution is 2.26. The van der Waals surface area contributed by atoms with Gasteiger partial charge >= 0.3 is 0 Å². The van der Waals surface area contributed by atoms with Crippen LogP contribution in [0.25, 0.3) is 0 Å². The molecule has 1 aromatic carbocycles. The van der Waals surface area contributed by atoms with Crippen LogP contribution in [0.15, 0.2) is 18.2 Å². The topological polar surface area (TPSA) is 6.48 Å². The van der Waals surface area contributed by atoms with Crippen LogP contribution in [0, 0.1) is 0 Å². The van der Waals surface area contributed by atoms with Gasteiger partial charge in [-0.25, -0.2) is 0 Å². The lowest BCUT2D eigenvalue weighted by molar-refractivity contribution is 0.244. The second kappa shape index (κ2) is 7.22. The molecular formula is C13H20Cl2N2. The van der Waals surface area contributed by atoms with Crippen molar-refractivity contribution in [1.82, 2.24) is 9.80 Å². The summed E-state index contributed by atoms with van der Waals surface area (Å²) in [4.78, 5) is 4.54. The number of benzene rings is 1. The molecule has 0 heterocycles. The van der Waals surface area contributed by atoms with Crippen molar-refractivity contribution < 1.29 is 0 Å². The van der Waals surface area contributed by atoms with E-state index in [2.05, 4.69) is 30.8 Å². The van der Waals surface area contributed by atoms with Gasteiger partial charge in [-0.15, -0.1) is 0 Å². The first kappa shape index (κ1) is 14.8. The van der Waals surface area contributed by atoms with Crippen LogP contribution in [-0.2, 0) is 6.54 Å². The van der Waals surface area contributed by atoms with Crippen molar-refractivity contribution in [3.8, 4) is 0 Å². The molecule has 0 saturated heterocycles. The quantitative estimate of drug-likeness (QED) is 0.785. The molecular weight excluding hydrogens is 255 g/mol. The van der Waals surface area contributed by atoms with Gasteiger partial charge in [-0.3, -0.25) is 4.90 Å². The van der Waals surface area contributed by atoms with Crippen molar-refractivity contribution in [2.24, 2.45) is 0 Å². The molecule has 1 rings (SSSR count). The molecule has 0 N–H and O–H groups in total. The van der Waals surface area contributed by atoms with Crippen LogP contribution in [0.4, 0.5) is 0 Å². The number of rotatable bonds is 6. The third kappa shape index (κ3) is 4.84. The van der Waals surface area contributed by atoms with Gasteiger partial charge in [0.25, 0.3) is 0 Å². The van der Waals surface area contributed by atoms with E-state index in [1.165, 1.54) is 0 Å². The van der Waals surface area contributed by atoms with E-state index in [0.29, 0.717) is 10.0 Å². The smallest absolute Gasteiger partial charge is 0.0637 e. The number of hydrogen-bond donors (Lipinski definition) is 0. The predicted molar refractivity (Wildman–Crippen MR) is 76.0 cm³/mol. The van der Waals surface area contributed by atoms with Gasteiger partial charge < -0.3 is 4.90 Å². The van der Waals surface area contributed by atoms with Gasteiger partial charge in [0.1, 0.15) is 0 Å². The number of nitrogens with zero attached hydrogens (tertiary/aromatic N) is 2. The Labute approximate surface area is 114 Å². The molecule has 0 saturated carbocycles. The zero-order valence-electron chi connectivity index (χ0n) is 10.7. The van der Waals surface area contributed by atoms with Gasteiger partial charge in [-0.05, 0) is 32.3 Å². The number of halogens is 2. The van der Waals surface area contributed by atoms with Crippen LogP contribution in [0.2, 0.25) is 10.0 Å². The monoisotopic (exact) mass is 274 g/mol. The van der Waals surface area contributed by atoms with E-state index in [1.54, 1.807) is 0 Å². The third-order valence-electron chi connectivity index (χ3n) is 2.74. The normalized spacial score (nSPS) is 11.5. The highest BCUT2D eigenvalue weighted by molar-refractivity contribution is 6.42. The molecule has 17 heavy (non-hydrogen) atoms. The SMILES string of the molecule is CCN(CCN(C)C)Cc1cccc(Cl)c1Cl. The standard InChI is InChI=1S/C13H20Cl2N2/c1-4-17(9-8-16(2)3)10-11-6-5-7-12(14)13(11)15/h5-7H,4,8-10H2,1-3H3. The summed E-state index contributed by atoms with van der Waals surface area (Å²) >= 11 is 12.2. The Balaban J connectivity index is 2.64. The molecule has 0 aliphatic rings. The van der Waals surface area contributed by atoms with Gasteiger partial charge in [0.05, 0.1) is 10.0 Å². The maximum atomic E-state index is 6.19. The minimum absolute atomic E-state index is 0.632. The molecule has 0 bridgehead atoms. The Morgan fingerprint density at radius 2 is 1.82 bits per heavy atom. The molecule has 0 radical (unpaired) electrons. The highest BCUT2D eigenvalue weighted by Gasteiger charge is 2.09. The second-order valence-corrected chi connectivity index (χ2v) is 5.17. The van der Waals surface area contributed by atoms with Crippen LogP contribution in [0.1, 0.15) is 12.5 Å². The number of hydrogen-bond acceptors (Lipinski definition) is 2. The molecule has 0 aliphatic heterocycles. The van der Waals surface area contributed by atoms with Crippen molar-refractivity contribution in [1.29, 1.82) is 0 Å². The maximum absolute atomic E-state index is 6.19. The lowest BCUT2D eigenvalue weighted by Gasteiger charge is -2.23. The average molecular weight is 275 g/mol. The van der Waals surface area contributed by atoms with E-state index >= 15 is 0 Å². The van der Waals surface area contributed by atoms with Crippen LogP contribution in [0.3, 0.4) is 0 Å². The van der Waals surface area contributed by atoms with Crippen molar-refractivity contribution in [2.75, 3.05) is 33.7 Å². The summed E-state index contributed by atoms with van der Waals surface area (Å²) in [7, 11) is 4.17. The van der Waals surface area contributed by atoms with Gasteiger partial charge in [0.15, 0.2) is 0 Å².